The van der Waals surface area contributed by atoms with E-state index in [1.807, 2.05) is 0 Å². The number of benzene rings is 1. The van der Waals surface area contributed by atoms with Gasteiger partial charge in [0.05, 0.1) is 12.6 Å². The Hall–Kier alpha value is -1.95. The molecule has 1 aliphatic rings. The lowest BCUT2D eigenvalue weighted by atomic mass is 10.0. The first kappa shape index (κ1) is 14.5. The topological polar surface area (TPSA) is 69.6 Å². The molecule has 0 spiro atoms. The van der Waals surface area contributed by atoms with Crippen LogP contribution in [-0.2, 0) is 16.1 Å². The average molecular weight is 280 g/mol. The fraction of sp³-hybridized carbons (Fsp3) is 0.429. The first-order chi connectivity index (χ1) is 9.40. The maximum Gasteiger partial charge on any atom is 0.245 e. The van der Waals surface area contributed by atoms with Crippen molar-refractivity contribution in [2.45, 2.75) is 32.5 Å². The van der Waals surface area contributed by atoms with Gasteiger partial charge in [0.1, 0.15) is 11.9 Å². The van der Waals surface area contributed by atoms with Crippen LogP contribution in [0, 0.1) is 12.7 Å². The van der Waals surface area contributed by atoms with E-state index in [2.05, 4.69) is 5.32 Å². The number of nitrogens with zero attached hydrogens (tertiary/aromatic N) is 1. The summed E-state index contributed by atoms with van der Waals surface area (Å²) in [4.78, 5) is 25.0. The number of hydrogen-bond acceptors (Lipinski definition) is 3. The summed E-state index contributed by atoms with van der Waals surface area (Å²) in [6, 6.07) is 3.72. The molecule has 20 heavy (non-hydrogen) atoms. The average Bonchev–Trinajstić information content (AvgIpc) is 2.38. The number of piperazine rings is 1. The van der Waals surface area contributed by atoms with Crippen LogP contribution in [-0.4, -0.2) is 40.5 Å². The molecule has 1 aromatic rings. The molecule has 1 saturated heterocycles. The molecule has 108 valence electrons. The third-order valence-corrected chi connectivity index (χ3v) is 3.38. The zero-order chi connectivity index (χ0) is 14.9. The Morgan fingerprint density at radius 3 is 2.80 bits per heavy atom. The SMILES string of the molecule is Cc1ccc(CN2C(=O)CNC(=O)C2C(C)O)cc1F. The Morgan fingerprint density at radius 1 is 1.50 bits per heavy atom. The summed E-state index contributed by atoms with van der Waals surface area (Å²) in [5.74, 6) is -1.05. The summed E-state index contributed by atoms with van der Waals surface area (Å²) in [6.45, 7) is 3.10. The normalized spacial score (nSPS) is 20.8. The van der Waals surface area contributed by atoms with Crippen LogP contribution < -0.4 is 5.32 Å². The van der Waals surface area contributed by atoms with Crippen molar-refractivity contribution >= 4 is 11.8 Å². The first-order valence-corrected chi connectivity index (χ1v) is 6.40. The number of carbonyl (C=O) groups excluding carboxylic acids is 2. The molecule has 0 saturated carbocycles. The predicted octanol–water partition coefficient (Wildman–Crippen LogP) is 0.342. The molecule has 1 fully saturated rings. The van der Waals surface area contributed by atoms with Crippen LogP contribution in [0.5, 0.6) is 0 Å². The summed E-state index contributed by atoms with van der Waals surface area (Å²) in [5, 5.41) is 12.1. The lowest BCUT2D eigenvalue weighted by Gasteiger charge is -2.36. The molecule has 0 radical (unpaired) electrons. The van der Waals surface area contributed by atoms with Gasteiger partial charge in [-0.05, 0) is 31.0 Å². The van der Waals surface area contributed by atoms with Gasteiger partial charge < -0.3 is 15.3 Å². The van der Waals surface area contributed by atoms with Crippen LogP contribution in [0.3, 0.4) is 0 Å². The maximum atomic E-state index is 13.5. The minimum Gasteiger partial charge on any atom is -0.391 e. The molecule has 6 heteroatoms. The van der Waals surface area contributed by atoms with Gasteiger partial charge in [-0.25, -0.2) is 4.39 Å². The van der Waals surface area contributed by atoms with Gasteiger partial charge in [0.25, 0.3) is 0 Å². The fourth-order valence-corrected chi connectivity index (χ4v) is 2.26. The largest absolute Gasteiger partial charge is 0.391 e. The molecule has 0 bridgehead atoms. The molecule has 2 N–H and O–H groups in total. The van der Waals surface area contributed by atoms with Gasteiger partial charge in [-0.2, -0.15) is 0 Å². The number of aliphatic hydroxyl groups excluding tert-OH is 1. The molecule has 2 rings (SSSR count). The standard InChI is InChI=1S/C14H17FN2O3/c1-8-3-4-10(5-11(8)15)7-17-12(19)6-16-14(20)13(17)9(2)18/h3-5,9,13,18H,6-7H2,1-2H3,(H,16,20). The summed E-state index contributed by atoms with van der Waals surface area (Å²) in [6.07, 6.45) is -0.991. The lowest BCUT2D eigenvalue weighted by Crippen LogP contribution is -2.61. The Morgan fingerprint density at radius 2 is 2.20 bits per heavy atom. The fourth-order valence-electron chi connectivity index (χ4n) is 2.26. The molecule has 2 atom stereocenters. The highest BCUT2D eigenvalue weighted by Gasteiger charge is 2.37. The van der Waals surface area contributed by atoms with Crippen LogP contribution in [0.1, 0.15) is 18.1 Å². The second kappa shape index (κ2) is 5.58. The van der Waals surface area contributed by atoms with Crippen molar-refractivity contribution in [1.82, 2.24) is 10.2 Å². The number of carbonyl (C=O) groups is 2. The van der Waals surface area contributed by atoms with Crippen molar-refractivity contribution in [3.8, 4) is 0 Å². The third kappa shape index (κ3) is 2.80. The van der Waals surface area contributed by atoms with Gasteiger partial charge in [-0.3, -0.25) is 9.59 Å². The monoisotopic (exact) mass is 280 g/mol. The summed E-state index contributed by atoms with van der Waals surface area (Å²) in [5.41, 5.74) is 1.10. The van der Waals surface area contributed by atoms with E-state index < -0.39 is 18.1 Å². The number of hydrogen-bond donors (Lipinski definition) is 2. The molecule has 1 heterocycles. The van der Waals surface area contributed by atoms with Crippen molar-refractivity contribution in [2.24, 2.45) is 0 Å². The molecule has 2 amide bonds. The second-order valence-corrected chi connectivity index (χ2v) is 5.01. The van der Waals surface area contributed by atoms with Gasteiger partial charge in [0, 0.05) is 6.54 Å². The molecule has 1 aromatic carbocycles. The Bertz CT molecular complexity index is 545. The number of nitrogens with one attached hydrogen (secondary N) is 1. The summed E-state index contributed by atoms with van der Waals surface area (Å²) >= 11 is 0. The van der Waals surface area contributed by atoms with Crippen molar-refractivity contribution < 1.29 is 19.1 Å². The van der Waals surface area contributed by atoms with E-state index in [0.29, 0.717) is 11.1 Å². The van der Waals surface area contributed by atoms with E-state index >= 15 is 0 Å². The number of amides is 2. The number of rotatable bonds is 3. The molecular weight excluding hydrogens is 263 g/mol. The van der Waals surface area contributed by atoms with Gasteiger partial charge in [0.15, 0.2) is 0 Å². The maximum absolute atomic E-state index is 13.5. The first-order valence-electron chi connectivity index (χ1n) is 6.40. The van der Waals surface area contributed by atoms with Crippen molar-refractivity contribution in [2.75, 3.05) is 6.54 Å². The predicted molar refractivity (Wildman–Crippen MR) is 70.2 cm³/mol. The van der Waals surface area contributed by atoms with E-state index in [1.54, 1.807) is 19.1 Å². The van der Waals surface area contributed by atoms with E-state index in [9.17, 15) is 19.1 Å². The number of halogens is 1. The lowest BCUT2D eigenvalue weighted by molar-refractivity contribution is -0.150. The van der Waals surface area contributed by atoms with Crippen LogP contribution in [0.25, 0.3) is 0 Å². The summed E-state index contributed by atoms with van der Waals surface area (Å²) < 4.78 is 13.5. The zero-order valence-corrected chi connectivity index (χ0v) is 11.4. The van der Waals surface area contributed by atoms with Crippen molar-refractivity contribution in [3.05, 3.63) is 35.1 Å². The number of aryl methyl sites for hydroxylation is 1. The van der Waals surface area contributed by atoms with Gasteiger partial charge in [-0.15, -0.1) is 0 Å². The van der Waals surface area contributed by atoms with Gasteiger partial charge in [-0.1, -0.05) is 12.1 Å². The third-order valence-electron chi connectivity index (χ3n) is 3.38. The highest BCUT2D eigenvalue weighted by Crippen LogP contribution is 2.17. The highest BCUT2D eigenvalue weighted by molar-refractivity contribution is 5.95. The molecule has 0 aliphatic carbocycles. The quantitative estimate of drug-likeness (QED) is 0.839. The Kier molecular flexibility index (Phi) is 4.04. The van der Waals surface area contributed by atoms with E-state index in [0.717, 1.165) is 0 Å². The molecule has 0 aromatic heterocycles. The molecular formula is C14H17FN2O3. The second-order valence-electron chi connectivity index (χ2n) is 5.01. The Balaban J connectivity index is 2.25. The molecule has 1 aliphatic heterocycles. The van der Waals surface area contributed by atoms with E-state index in [1.165, 1.54) is 17.9 Å². The van der Waals surface area contributed by atoms with E-state index in [-0.39, 0.29) is 24.8 Å². The minimum atomic E-state index is -0.991. The van der Waals surface area contributed by atoms with Gasteiger partial charge >= 0.3 is 0 Å². The highest BCUT2D eigenvalue weighted by atomic mass is 19.1. The van der Waals surface area contributed by atoms with Gasteiger partial charge in [0.2, 0.25) is 11.8 Å². The zero-order valence-electron chi connectivity index (χ0n) is 11.4. The molecule has 2 unspecified atom stereocenters. The van der Waals surface area contributed by atoms with Crippen LogP contribution in [0.4, 0.5) is 4.39 Å². The Labute approximate surface area is 116 Å². The van der Waals surface area contributed by atoms with Crippen LogP contribution in [0.2, 0.25) is 0 Å². The smallest absolute Gasteiger partial charge is 0.245 e. The molecule has 5 nitrogen and oxygen atoms in total. The number of aliphatic hydroxyl groups is 1. The van der Waals surface area contributed by atoms with Crippen molar-refractivity contribution in [3.63, 3.8) is 0 Å². The summed E-state index contributed by atoms with van der Waals surface area (Å²) in [7, 11) is 0. The van der Waals surface area contributed by atoms with E-state index in [4.69, 9.17) is 0 Å². The van der Waals surface area contributed by atoms with Crippen LogP contribution in [0.15, 0.2) is 18.2 Å². The van der Waals surface area contributed by atoms with Crippen LogP contribution >= 0.6 is 0 Å². The minimum absolute atomic E-state index is 0.0962. The van der Waals surface area contributed by atoms with Crippen molar-refractivity contribution in [1.29, 1.82) is 0 Å².